The van der Waals surface area contributed by atoms with Gasteiger partial charge in [0.15, 0.2) is 0 Å². The number of aromatic nitrogens is 2. The first-order valence-electron chi connectivity index (χ1n) is 9.17. The van der Waals surface area contributed by atoms with Crippen LogP contribution in [0, 0.1) is 18.3 Å². The van der Waals surface area contributed by atoms with E-state index in [1.807, 2.05) is 9.80 Å². The second-order valence-corrected chi connectivity index (χ2v) is 7.67. The van der Waals surface area contributed by atoms with Gasteiger partial charge in [0, 0.05) is 38.3 Å². The van der Waals surface area contributed by atoms with Crippen LogP contribution in [0.25, 0.3) is 0 Å². The van der Waals surface area contributed by atoms with Crippen molar-refractivity contribution in [1.29, 1.82) is 0 Å². The maximum absolute atomic E-state index is 12.7. The third-order valence-electron chi connectivity index (χ3n) is 6.18. The third kappa shape index (κ3) is 2.85. The summed E-state index contributed by atoms with van der Waals surface area (Å²) in [6.07, 6.45) is 6.61. The van der Waals surface area contributed by atoms with Gasteiger partial charge in [-0.1, -0.05) is 0 Å². The van der Waals surface area contributed by atoms with Gasteiger partial charge >= 0.3 is 0 Å². The number of likely N-dealkylation sites (tertiary alicyclic amines) is 2. The molecule has 0 aromatic carbocycles. The second-order valence-electron chi connectivity index (χ2n) is 7.67. The highest BCUT2D eigenvalue weighted by Crippen LogP contribution is 2.60. The molecule has 4 rings (SSSR count). The molecule has 134 valence electrons. The normalized spacial score (nSPS) is 24.6. The Bertz CT molecular complexity index is 705. The molecule has 1 aromatic heterocycles. The number of hydrogen-bond donors (Lipinski definition) is 1. The molecule has 1 atom stereocenters. The molecule has 0 bridgehead atoms. The van der Waals surface area contributed by atoms with Gasteiger partial charge in [-0.25, -0.2) is 9.97 Å². The van der Waals surface area contributed by atoms with E-state index in [1.165, 1.54) is 6.20 Å². The summed E-state index contributed by atoms with van der Waals surface area (Å²) in [7, 11) is 0. The molecular weight excluding hydrogens is 318 g/mol. The van der Waals surface area contributed by atoms with Gasteiger partial charge in [-0.05, 0) is 44.4 Å². The lowest BCUT2D eigenvalue weighted by molar-refractivity contribution is -0.132. The van der Waals surface area contributed by atoms with Gasteiger partial charge in [0.05, 0.1) is 11.3 Å². The molecule has 1 saturated carbocycles. The monoisotopic (exact) mass is 343 g/mol. The van der Waals surface area contributed by atoms with Crippen molar-refractivity contribution in [3.8, 4) is 0 Å². The molecule has 2 aliphatic heterocycles. The molecule has 25 heavy (non-hydrogen) atoms. The Kier molecular flexibility index (Phi) is 3.89. The minimum atomic E-state index is -0.0320. The Morgan fingerprint density at radius 3 is 2.48 bits per heavy atom. The second kappa shape index (κ2) is 5.97. The predicted molar refractivity (Wildman–Crippen MR) is 92.7 cm³/mol. The number of nitrogen functional groups attached to an aromatic ring is 1. The average Bonchev–Trinajstić information content (AvgIpc) is 3.04. The lowest BCUT2D eigenvalue weighted by Gasteiger charge is -2.33. The fourth-order valence-electron chi connectivity index (χ4n) is 4.43. The summed E-state index contributed by atoms with van der Waals surface area (Å²) >= 11 is 0. The van der Waals surface area contributed by atoms with E-state index in [9.17, 15) is 9.59 Å². The number of aryl methyl sites for hydroxylation is 1. The van der Waals surface area contributed by atoms with Crippen LogP contribution in [0.3, 0.4) is 0 Å². The third-order valence-corrected chi connectivity index (χ3v) is 6.18. The lowest BCUT2D eigenvalue weighted by atomic mass is 9.90. The number of carbonyl (C=O) groups is 2. The van der Waals surface area contributed by atoms with Gasteiger partial charge in [-0.15, -0.1) is 0 Å². The van der Waals surface area contributed by atoms with Crippen LogP contribution in [-0.4, -0.2) is 57.8 Å². The minimum absolute atomic E-state index is 0.0320. The molecule has 3 fully saturated rings. The van der Waals surface area contributed by atoms with Gasteiger partial charge in [-0.2, -0.15) is 0 Å². The van der Waals surface area contributed by atoms with Gasteiger partial charge in [0.2, 0.25) is 11.9 Å². The molecule has 7 nitrogen and oxygen atoms in total. The first-order valence-corrected chi connectivity index (χ1v) is 9.17. The summed E-state index contributed by atoms with van der Waals surface area (Å²) in [5.74, 6) is 0.688. The van der Waals surface area contributed by atoms with Crippen LogP contribution in [0.15, 0.2) is 6.20 Å². The van der Waals surface area contributed by atoms with Crippen molar-refractivity contribution < 1.29 is 9.59 Å². The molecule has 3 heterocycles. The molecule has 7 heteroatoms. The van der Waals surface area contributed by atoms with Crippen molar-refractivity contribution in [2.24, 2.45) is 11.3 Å². The van der Waals surface area contributed by atoms with Crippen LogP contribution < -0.4 is 5.73 Å². The summed E-state index contributed by atoms with van der Waals surface area (Å²) in [6, 6.07) is 0. The lowest BCUT2D eigenvalue weighted by Crippen LogP contribution is -2.41. The highest BCUT2D eigenvalue weighted by Gasteiger charge is 2.59. The van der Waals surface area contributed by atoms with E-state index >= 15 is 0 Å². The predicted octanol–water partition coefficient (Wildman–Crippen LogP) is 1.23. The van der Waals surface area contributed by atoms with Crippen molar-refractivity contribution in [3.05, 3.63) is 17.5 Å². The van der Waals surface area contributed by atoms with Crippen molar-refractivity contribution in [2.45, 2.75) is 39.0 Å². The Labute approximate surface area is 147 Å². The smallest absolute Gasteiger partial charge is 0.257 e. The summed E-state index contributed by atoms with van der Waals surface area (Å²) in [4.78, 5) is 37.3. The van der Waals surface area contributed by atoms with Gasteiger partial charge in [-0.3, -0.25) is 9.59 Å². The van der Waals surface area contributed by atoms with Gasteiger partial charge < -0.3 is 15.5 Å². The van der Waals surface area contributed by atoms with Crippen LogP contribution in [0.4, 0.5) is 5.95 Å². The SMILES string of the molecule is Cc1nc(N)ncc1C(=O)N1CCC2(CC1)CC2C(=O)N1CCCC1. The standard InChI is InChI=1S/C18H25N5O2/c1-12-13(11-20-17(19)21-12)15(24)23-8-4-18(5-9-23)10-14(18)16(25)22-6-2-3-7-22/h11,14H,2-10H2,1H3,(H2,19,20,21). The zero-order valence-electron chi connectivity index (χ0n) is 14.7. The summed E-state index contributed by atoms with van der Waals surface area (Å²) in [5, 5.41) is 0. The molecular formula is C18H25N5O2. The van der Waals surface area contributed by atoms with Crippen molar-refractivity contribution in [3.63, 3.8) is 0 Å². The average molecular weight is 343 g/mol. The first-order chi connectivity index (χ1) is 12.0. The van der Waals surface area contributed by atoms with Gasteiger partial charge in [0.25, 0.3) is 5.91 Å². The Balaban J connectivity index is 1.37. The zero-order valence-corrected chi connectivity index (χ0v) is 14.7. The zero-order chi connectivity index (χ0) is 17.6. The Morgan fingerprint density at radius 2 is 1.84 bits per heavy atom. The van der Waals surface area contributed by atoms with E-state index in [0.717, 1.165) is 45.2 Å². The Morgan fingerprint density at radius 1 is 1.16 bits per heavy atom. The molecule has 1 spiro atoms. The molecule has 2 N–H and O–H groups in total. The van der Waals surface area contributed by atoms with Crippen molar-refractivity contribution in [1.82, 2.24) is 19.8 Å². The van der Waals surface area contributed by atoms with Crippen LogP contribution in [0.1, 0.15) is 48.2 Å². The molecule has 2 amide bonds. The first kappa shape index (κ1) is 16.3. The maximum atomic E-state index is 12.7. The summed E-state index contributed by atoms with van der Waals surface area (Å²) in [6.45, 7) is 5.03. The minimum Gasteiger partial charge on any atom is -0.368 e. The van der Waals surface area contributed by atoms with Crippen LogP contribution in [0.2, 0.25) is 0 Å². The topological polar surface area (TPSA) is 92.4 Å². The molecule has 1 aliphatic carbocycles. The van der Waals surface area contributed by atoms with E-state index in [0.29, 0.717) is 30.3 Å². The molecule has 0 radical (unpaired) electrons. The van der Waals surface area contributed by atoms with Crippen LogP contribution >= 0.6 is 0 Å². The highest BCUT2D eigenvalue weighted by molar-refractivity contribution is 5.95. The summed E-state index contributed by atoms with van der Waals surface area (Å²) < 4.78 is 0. The van der Waals surface area contributed by atoms with Crippen molar-refractivity contribution in [2.75, 3.05) is 31.9 Å². The molecule has 1 unspecified atom stereocenters. The van der Waals surface area contributed by atoms with E-state index in [4.69, 9.17) is 5.73 Å². The molecule has 2 saturated heterocycles. The van der Waals surface area contributed by atoms with E-state index in [-0.39, 0.29) is 23.2 Å². The number of amides is 2. The largest absolute Gasteiger partial charge is 0.368 e. The number of nitrogens with zero attached hydrogens (tertiary/aromatic N) is 4. The van der Waals surface area contributed by atoms with E-state index in [1.54, 1.807) is 6.92 Å². The fourth-order valence-corrected chi connectivity index (χ4v) is 4.43. The number of nitrogens with two attached hydrogens (primary N) is 1. The number of carbonyl (C=O) groups excluding carboxylic acids is 2. The number of rotatable bonds is 2. The van der Waals surface area contributed by atoms with E-state index < -0.39 is 0 Å². The Hall–Kier alpha value is -2.18. The van der Waals surface area contributed by atoms with Crippen LogP contribution in [0.5, 0.6) is 0 Å². The molecule has 3 aliphatic rings. The number of piperidine rings is 1. The van der Waals surface area contributed by atoms with E-state index in [2.05, 4.69) is 9.97 Å². The maximum Gasteiger partial charge on any atom is 0.257 e. The number of anilines is 1. The van der Waals surface area contributed by atoms with Crippen molar-refractivity contribution >= 4 is 17.8 Å². The quantitative estimate of drug-likeness (QED) is 0.872. The van der Waals surface area contributed by atoms with Crippen LogP contribution in [-0.2, 0) is 4.79 Å². The highest BCUT2D eigenvalue weighted by atomic mass is 16.2. The van der Waals surface area contributed by atoms with Gasteiger partial charge in [0.1, 0.15) is 0 Å². The molecule has 1 aromatic rings. The summed E-state index contributed by atoms with van der Waals surface area (Å²) in [5.41, 5.74) is 6.84. The number of hydrogen-bond acceptors (Lipinski definition) is 5. The fraction of sp³-hybridized carbons (Fsp3) is 0.667.